The normalized spacial score (nSPS) is 21.9. The molecule has 0 saturated heterocycles. The first-order chi connectivity index (χ1) is 8.75. The van der Waals surface area contributed by atoms with Gasteiger partial charge in [0.1, 0.15) is 11.5 Å². The lowest BCUT2D eigenvalue weighted by molar-refractivity contribution is -0.252. The zero-order chi connectivity index (χ0) is 14.4. The van der Waals surface area contributed by atoms with Gasteiger partial charge in [-0.1, -0.05) is 0 Å². The molecular weight excluding hydrogens is 267 g/mol. The van der Waals surface area contributed by atoms with E-state index in [0.717, 1.165) is 6.07 Å². The van der Waals surface area contributed by atoms with Gasteiger partial charge in [0.05, 0.1) is 19.9 Å². The Kier molecular flexibility index (Phi) is 2.85. The van der Waals surface area contributed by atoms with E-state index in [4.69, 9.17) is 9.47 Å². The Morgan fingerprint density at radius 3 is 2.37 bits per heavy atom. The molecule has 0 radical (unpaired) electrons. The van der Waals surface area contributed by atoms with E-state index in [9.17, 15) is 23.1 Å². The number of carbonyl (C=O) groups is 1. The van der Waals surface area contributed by atoms with Crippen molar-refractivity contribution in [3.63, 3.8) is 0 Å². The minimum Gasteiger partial charge on any atom is -0.497 e. The smallest absolute Gasteiger partial charge is 0.430 e. The molecule has 2 rings (SSSR count). The van der Waals surface area contributed by atoms with E-state index in [1.165, 1.54) is 20.3 Å². The fourth-order valence-electron chi connectivity index (χ4n) is 1.89. The summed E-state index contributed by atoms with van der Waals surface area (Å²) in [5.74, 6) is -1.56. The quantitative estimate of drug-likeness (QED) is 0.857. The number of hydrogen-bond donors (Lipinski definition) is 2. The van der Waals surface area contributed by atoms with Gasteiger partial charge in [-0.25, -0.2) is 0 Å². The molecule has 1 unspecified atom stereocenters. The van der Waals surface area contributed by atoms with E-state index < -0.39 is 23.2 Å². The van der Waals surface area contributed by atoms with Crippen molar-refractivity contribution in [2.75, 3.05) is 19.5 Å². The Hall–Kier alpha value is -1.96. The predicted octanol–water partition coefficient (Wildman–Crippen LogP) is 1.41. The van der Waals surface area contributed by atoms with Gasteiger partial charge >= 0.3 is 6.18 Å². The van der Waals surface area contributed by atoms with Crippen molar-refractivity contribution in [1.29, 1.82) is 0 Å². The van der Waals surface area contributed by atoms with Crippen molar-refractivity contribution in [2.24, 2.45) is 0 Å². The second-order valence-corrected chi connectivity index (χ2v) is 3.91. The van der Waals surface area contributed by atoms with Crippen molar-refractivity contribution in [3.8, 4) is 11.5 Å². The molecule has 0 spiro atoms. The molecule has 1 aliphatic heterocycles. The first-order valence-corrected chi connectivity index (χ1v) is 5.12. The highest BCUT2D eigenvalue weighted by molar-refractivity contribution is 6.07. The van der Waals surface area contributed by atoms with E-state index in [-0.39, 0.29) is 17.2 Å². The monoisotopic (exact) mass is 277 g/mol. The molecule has 1 aromatic carbocycles. The number of methoxy groups -OCH3 is 2. The molecule has 1 aliphatic rings. The number of aliphatic hydroxyl groups is 1. The van der Waals surface area contributed by atoms with Crippen LogP contribution in [0.2, 0.25) is 0 Å². The van der Waals surface area contributed by atoms with Crippen LogP contribution in [-0.2, 0) is 10.4 Å². The molecule has 0 aliphatic carbocycles. The zero-order valence-electron chi connectivity index (χ0n) is 9.96. The highest BCUT2D eigenvalue weighted by Gasteiger charge is 2.65. The number of carbonyl (C=O) groups excluding carboxylic acids is 1. The van der Waals surface area contributed by atoms with E-state index in [1.807, 2.05) is 5.32 Å². The number of alkyl halides is 3. The molecule has 0 aromatic heterocycles. The minimum atomic E-state index is -5.15. The molecule has 19 heavy (non-hydrogen) atoms. The maximum atomic E-state index is 13.0. The maximum Gasteiger partial charge on any atom is 0.430 e. The summed E-state index contributed by atoms with van der Waals surface area (Å²) in [6.45, 7) is 0. The van der Waals surface area contributed by atoms with Crippen LogP contribution in [0, 0.1) is 0 Å². The number of rotatable bonds is 2. The number of nitrogens with one attached hydrogen (secondary N) is 1. The maximum absolute atomic E-state index is 13.0. The molecule has 1 atom stereocenters. The Bertz CT molecular complexity index is 543. The predicted molar refractivity (Wildman–Crippen MR) is 58.1 cm³/mol. The van der Waals surface area contributed by atoms with Crippen LogP contribution >= 0.6 is 0 Å². The Balaban J connectivity index is 2.73. The van der Waals surface area contributed by atoms with Crippen LogP contribution in [0.25, 0.3) is 0 Å². The summed E-state index contributed by atoms with van der Waals surface area (Å²) < 4.78 is 48.6. The number of ether oxygens (including phenoxy) is 2. The first-order valence-electron chi connectivity index (χ1n) is 5.12. The highest BCUT2D eigenvalue weighted by Crippen LogP contribution is 2.51. The fourth-order valence-corrected chi connectivity index (χ4v) is 1.89. The summed E-state index contributed by atoms with van der Waals surface area (Å²) >= 11 is 0. The topological polar surface area (TPSA) is 67.8 Å². The van der Waals surface area contributed by atoms with Crippen LogP contribution in [0.5, 0.6) is 11.5 Å². The largest absolute Gasteiger partial charge is 0.497 e. The SMILES string of the molecule is COc1cc(OC)c2c(c1)C(O)(C(F)(F)F)C(=O)N2. The van der Waals surface area contributed by atoms with Crippen LogP contribution in [-0.4, -0.2) is 31.4 Å². The van der Waals surface area contributed by atoms with Crippen LogP contribution in [0.15, 0.2) is 12.1 Å². The number of amides is 1. The van der Waals surface area contributed by atoms with Crippen LogP contribution in [0.1, 0.15) is 5.56 Å². The molecule has 1 aromatic rings. The summed E-state index contributed by atoms with van der Waals surface area (Å²) in [6.07, 6.45) is -5.15. The van der Waals surface area contributed by atoms with Gasteiger partial charge in [-0.15, -0.1) is 0 Å². The number of fused-ring (bicyclic) bond motifs is 1. The van der Waals surface area contributed by atoms with Gasteiger partial charge in [0, 0.05) is 11.6 Å². The molecule has 1 amide bonds. The standard InChI is InChI=1S/C11H10F3NO4/c1-18-5-3-6-8(7(4-5)19-2)15-9(16)10(6,17)11(12,13)14/h3-4,17H,1-2H3,(H,15,16). The summed E-state index contributed by atoms with van der Waals surface area (Å²) in [4.78, 5) is 11.5. The first kappa shape index (κ1) is 13.5. The average Bonchev–Trinajstić information content (AvgIpc) is 2.61. The summed E-state index contributed by atoms with van der Waals surface area (Å²) in [6, 6.07) is 2.25. The fraction of sp³-hybridized carbons (Fsp3) is 0.364. The second kappa shape index (κ2) is 4.02. The van der Waals surface area contributed by atoms with Gasteiger partial charge in [0.25, 0.3) is 11.5 Å². The lowest BCUT2D eigenvalue weighted by atomic mass is 9.94. The summed E-state index contributed by atoms with van der Waals surface area (Å²) in [5, 5.41) is 11.7. The molecule has 0 fully saturated rings. The van der Waals surface area contributed by atoms with Crippen molar-refractivity contribution < 1.29 is 32.5 Å². The van der Waals surface area contributed by atoms with Crippen LogP contribution in [0.4, 0.5) is 18.9 Å². The summed E-state index contributed by atoms with van der Waals surface area (Å²) in [7, 11) is 2.48. The van der Waals surface area contributed by atoms with Gasteiger partial charge in [-0.2, -0.15) is 13.2 Å². The average molecular weight is 277 g/mol. The molecule has 0 bridgehead atoms. The molecule has 5 nitrogen and oxygen atoms in total. The van der Waals surface area contributed by atoms with Gasteiger partial charge in [0.15, 0.2) is 0 Å². The summed E-state index contributed by atoms with van der Waals surface area (Å²) in [5.41, 5.74) is -4.46. The third-order valence-corrected chi connectivity index (χ3v) is 2.90. The Labute approximate surface area is 105 Å². The van der Waals surface area contributed by atoms with E-state index >= 15 is 0 Å². The van der Waals surface area contributed by atoms with Gasteiger partial charge in [-0.05, 0) is 6.07 Å². The van der Waals surface area contributed by atoms with E-state index in [1.54, 1.807) is 0 Å². The third-order valence-electron chi connectivity index (χ3n) is 2.90. The highest BCUT2D eigenvalue weighted by atomic mass is 19.4. The van der Waals surface area contributed by atoms with E-state index in [0.29, 0.717) is 0 Å². The van der Waals surface area contributed by atoms with E-state index in [2.05, 4.69) is 0 Å². The molecule has 1 heterocycles. The molecule has 8 heteroatoms. The van der Waals surface area contributed by atoms with Crippen molar-refractivity contribution >= 4 is 11.6 Å². The molecular formula is C11H10F3NO4. The van der Waals surface area contributed by atoms with Gasteiger partial charge < -0.3 is 19.9 Å². The number of hydrogen-bond acceptors (Lipinski definition) is 4. The number of benzene rings is 1. The molecule has 0 saturated carbocycles. The van der Waals surface area contributed by atoms with Gasteiger partial charge in [-0.3, -0.25) is 4.79 Å². The lowest BCUT2D eigenvalue weighted by Gasteiger charge is -2.24. The third kappa shape index (κ3) is 1.71. The minimum absolute atomic E-state index is 0.0251. The number of halogens is 3. The zero-order valence-corrected chi connectivity index (χ0v) is 9.96. The Morgan fingerprint density at radius 2 is 1.89 bits per heavy atom. The lowest BCUT2D eigenvalue weighted by Crippen LogP contribution is -2.47. The van der Waals surface area contributed by atoms with Crippen LogP contribution < -0.4 is 14.8 Å². The molecule has 104 valence electrons. The van der Waals surface area contributed by atoms with Crippen molar-refractivity contribution in [3.05, 3.63) is 17.7 Å². The van der Waals surface area contributed by atoms with Crippen molar-refractivity contribution in [2.45, 2.75) is 11.8 Å². The Morgan fingerprint density at radius 1 is 1.26 bits per heavy atom. The second-order valence-electron chi connectivity index (χ2n) is 3.91. The number of anilines is 1. The van der Waals surface area contributed by atoms with Gasteiger partial charge in [0.2, 0.25) is 0 Å². The molecule has 2 N–H and O–H groups in total. The van der Waals surface area contributed by atoms with Crippen molar-refractivity contribution in [1.82, 2.24) is 0 Å². The van der Waals surface area contributed by atoms with Crippen LogP contribution in [0.3, 0.4) is 0 Å².